The van der Waals surface area contributed by atoms with Crippen LogP contribution < -0.4 is 0 Å². The van der Waals surface area contributed by atoms with Gasteiger partial charge in [-0.25, -0.2) is 9.69 Å². The van der Waals surface area contributed by atoms with Crippen molar-refractivity contribution in [3.8, 4) is 0 Å². The van der Waals surface area contributed by atoms with Crippen LogP contribution in [0.3, 0.4) is 0 Å². The number of halogens is 1. The zero-order valence-corrected chi connectivity index (χ0v) is 11.9. The summed E-state index contributed by atoms with van der Waals surface area (Å²) >= 11 is 5.88. The average molecular weight is 290 g/mol. The lowest BCUT2D eigenvalue weighted by atomic mass is 9.81. The first-order valence-electron chi connectivity index (χ1n) is 5.84. The lowest BCUT2D eigenvalue weighted by Gasteiger charge is -2.46. The fraction of sp³-hybridized carbons (Fsp3) is 0.667. The van der Waals surface area contributed by atoms with E-state index in [1.54, 1.807) is 27.7 Å². The number of β-lactam (4-membered cyclic amide) rings is 1. The molecule has 1 amide bonds. The Hall–Kier alpha value is -1.43. The van der Waals surface area contributed by atoms with Crippen molar-refractivity contribution in [2.75, 3.05) is 5.88 Å². The number of amides is 1. The van der Waals surface area contributed by atoms with Gasteiger partial charge in [-0.1, -0.05) is 13.8 Å². The molecule has 19 heavy (non-hydrogen) atoms. The highest BCUT2D eigenvalue weighted by Crippen LogP contribution is 2.51. The Labute approximate surface area is 115 Å². The second-order valence-corrected chi connectivity index (χ2v) is 6.15. The minimum Gasteiger partial charge on any atom is -0.467 e. The molecule has 1 unspecified atom stereocenters. The maximum Gasteiger partial charge on any atom is 0.512 e. The second-order valence-electron chi connectivity index (χ2n) is 5.89. The molecule has 0 aliphatic carbocycles. The first-order valence-corrected chi connectivity index (χ1v) is 6.38. The van der Waals surface area contributed by atoms with E-state index in [1.165, 1.54) is 4.90 Å². The summed E-state index contributed by atoms with van der Waals surface area (Å²) < 4.78 is 10.5. The van der Waals surface area contributed by atoms with Crippen molar-refractivity contribution in [2.24, 2.45) is 10.8 Å². The van der Waals surface area contributed by atoms with Crippen molar-refractivity contribution in [1.29, 1.82) is 0 Å². The predicted molar refractivity (Wildman–Crippen MR) is 66.1 cm³/mol. The van der Waals surface area contributed by atoms with Crippen molar-refractivity contribution < 1.29 is 24.2 Å². The number of fused-ring (bicyclic) bond motifs is 1. The van der Waals surface area contributed by atoms with Gasteiger partial charge in [0.15, 0.2) is 12.0 Å². The number of carbonyl (C=O) groups excluding carboxylic acids is 1. The van der Waals surface area contributed by atoms with Crippen LogP contribution in [0.5, 0.6) is 0 Å². The molecular formula is C12H16ClNO5. The van der Waals surface area contributed by atoms with E-state index in [0.717, 1.165) is 0 Å². The fourth-order valence-electron chi connectivity index (χ4n) is 2.14. The van der Waals surface area contributed by atoms with Gasteiger partial charge in [0.2, 0.25) is 5.91 Å². The molecule has 1 N–H and O–H groups in total. The minimum atomic E-state index is -1.49. The van der Waals surface area contributed by atoms with Crippen LogP contribution in [0.4, 0.5) is 4.79 Å². The summed E-state index contributed by atoms with van der Waals surface area (Å²) in [5, 5.41) is 8.79. The molecule has 106 valence electrons. The molecule has 0 aromatic carbocycles. The molecular weight excluding hydrogens is 274 g/mol. The lowest BCUT2D eigenvalue weighted by Crippen LogP contribution is -2.64. The first-order chi connectivity index (χ1) is 8.63. The van der Waals surface area contributed by atoms with Gasteiger partial charge in [0.1, 0.15) is 5.41 Å². The largest absolute Gasteiger partial charge is 0.512 e. The van der Waals surface area contributed by atoms with E-state index in [1.807, 2.05) is 0 Å². The molecule has 2 rings (SSSR count). The Kier molecular flexibility index (Phi) is 2.97. The molecule has 2 heterocycles. The molecule has 7 heteroatoms. The predicted octanol–water partition coefficient (Wildman–Crippen LogP) is 2.34. The van der Waals surface area contributed by atoms with Crippen molar-refractivity contribution in [3.05, 3.63) is 11.6 Å². The van der Waals surface area contributed by atoms with E-state index in [4.69, 9.17) is 26.2 Å². The Balaban J connectivity index is 2.42. The molecule has 0 radical (unpaired) electrons. The highest BCUT2D eigenvalue weighted by atomic mass is 35.5. The van der Waals surface area contributed by atoms with Crippen molar-refractivity contribution >= 4 is 23.7 Å². The lowest BCUT2D eigenvalue weighted by molar-refractivity contribution is -0.191. The number of rotatable bonds is 3. The molecule has 1 fully saturated rings. The molecule has 0 saturated carbocycles. The number of hydrogen-bond acceptors (Lipinski definition) is 4. The number of ether oxygens (including phenoxy) is 2. The molecule has 2 aliphatic rings. The van der Waals surface area contributed by atoms with Crippen LogP contribution in [0.15, 0.2) is 11.6 Å². The van der Waals surface area contributed by atoms with Crippen LogP contribution in [0, 0.1) is 10.8 Å². The Bertz CT molecular complexity index is 483. The summed E-state index contributed by atoms with van der Waals surface area (Å²) in [4.78, 5) is 24.0. The van der Waals surface area contributed by atoms with E-state index >= 15 is 0 Å². The van der Waals surface area contributed by atoms with Gasteiger partial charge in [0.25, 0.3) is 5.88 Å². The summed E-state index contributed by atoms with van der Waals surface area (Å²) in [5.74, 6) is 0.222. The quantitative estimate of drug-likeness (QED) is 0.490. The normalized spacial score (nSPS) is 24.8. The Morgan fingerprint density at radius 3 is 2.63 bits per heavy atom. The Morgan fingerprint density at radius 2 is 2.16 bits per heavy atom. The molecule has 1 atom stereocenters. The third-order valence-corrected chi connectivity index (χ3v) is 4.07. The molecule has 2 aliphatic heterocycles. The second kappa shape index (κ2) is 4.03. The Morgan fingerprint density at radius 1 is 1.58 bits per heavy atom. The number of carbonyl (C=O) groups is 2. The topological polar surface area (TPSA) is 76.1 Å². The van der Waals surface area contributed by atoms with Gasteiger partial charge in [-0.2, -0.15) is 0 Å². The minimum absolute atomic E-state index is 0.0625. The molecule has 0 bridgehead atoms. The zero-order chi connectivity index (χ0) is 14.6. The van der Waals surface area contributed by atoms with Crippen LogP contribution in [0.2, 0.25) is 0 Å². The summed E-state index contributed by atoms with van der Waals surface area (Å²) in [6, 6.07) is 0. The third-order valence-electron chi connectivity index (χ3n) is 3.40. The standard InChI is InChI=1S/C12H16ClNO5/c1-11(2,5-13)6-7(19-10(16)17)14-8(15)12(3,4)9(14)18-6/h9H,5H2,1-4H3,(H,16,17). The van der Waals surface area contributed by atoms with Gasteiger partial charge in [0.05, 0.1) is 0 Å². The van der Waals surface area contributed by atoms with E-state index in [0.29, 0.717) is 5.76 Å². The molecule has 6 nitrogen and oxygen atoms in total. The molecule has 0 spiro atoms. The summed E-state index contributed by atoms with van der Waals surface area (Å²) in [6.07, 6.45) is -2.02. The maximum absolute atomic E-state index is 12.0. The molecule has 0 aromatic heterocycles. The molecule has 1 saturated heterocycles. The first kappa shape index (κ1) is 14.0. The maximum atomic E-state index is 12.0. The van der Waals surface area contributed by atoms with Crippen molar-refractivity contribution in [3.63, 3.8) is 0 Å². The van der Waals surface area contributed by atoms with E-state index in [9.17, 15) is 9.59 Å². The SMILES string of the molecule is CC(C)(CCl)C1=C(OC(=O)O)N2C(=O)C(C)(C)C2O1. The van der Waals surface area contributed by atoms with Gasteiger partial charge < -0.3 is 14.6 Å². The fourth-order valence-corrected chi connectivity index (χ4v) is 2.26. The summed E-state index contributed by atoms with van der Waals surface area (Å²) in [7, 11) is 0. The van der Waals surface area contributed by atoms with E-state index < -0.39 is 23.2 Å². The van der Waals surface area contributed by atoms with Crippen LogP contribution in [0.25, 0.3) is 0 Å². The van der Waals surface area contributed by atoms with E-state index in [2.05, 4.69) is 0 Å². The highest BCUT2D eigenvalue weighted by Gasteiger charge is 2.64. The van der Waals surface area contributed by atoms with Gasteiger partial charge >= 0.3 is 6.16 Å². The van der Waals surface area contributed by atoms with Crippen molar-refractivity contribution in [2.45, 2.75) is 33.9 Å². The van der Waals surface area contributed by atoms with Gasteiger partial charge in [-0.15, -0.1) is 11.6 Å². The average Bonchev–Trinajstić information content (AvgIpc) is 2.66. The highest BCUT2D eigenvalue weighted by molar-refractivity contribution is 6.18. The third kappa shape index (κ3) is 1.85. The van der Waals surface area contributed by atoms with Crippen LogP contribution in [0.1, 0.15) is 27.7 Å². The number of hydrogen-bond donors (Lipinski definition) is 1. The van der Waals surface area contributed by atoms with E-state index in [-0.39, 0.29) is 17.7 Å². The van der Waals surface area contributed by atoms with Crippen LogP contribution in [-0.4, -0.2) is 34.2 Å². The summed E-state index contributed by atoms with van der Waals surface area (Å²) in [5.41, 5.74) is -1.32. The van der Waals surface area contributed by atoms with Crippen LogP contribution >= 0.6 is 11.6 Å². The monoisotopic (exact) mass is 289 g/mol. The van der Waals surface area contributed by atoms with Gasteiger partial charge in [-0.05, 0) is 13.8 Å². The van der Waals surface area contributed by atoms with Gasteiger partial charge in [0, 0.05) is 11.3 Å². The zero-order valence-electron chi connectivity index (χ0n) is 11.2. The van der Waals surface area contributed by atoms with Gasteiger partial charge in [-0.3, -0.25) is 4.79 Å². The number of carboxylic acid groups (broad SMARTS) is 1. The van der Waals surface area contributed by atoms with Crippen molar-refractivity contribution in [1.82, 2.24) is 4.90 Å². The number of nitrogens with zero attached hydrogens (tertiary/aromatic N) is 1. The number of alkyl halides is 1. The smallest absolute Gasteiger partial charge is 0.467 e. The summed E-state index contributed by atoms with van der Waals surface area (Å²) in [6.45, 7) is 7.07. The van der Waals surface area contributed by atoms with Crippen LogP contribution in [-0.2, 0) is 14.3 Å². The molecule has 0 aromatic rings. The number of allylic oxidation sites excluding steroid dienone is 1.